The molecule has 1 aliphatic rings. The molecule has 5 heteroatoms. The number of halogens is 1. The summed E-state index contributed by atoms with van der Waals surface area (Å²) in [5, 5.41) is 4.93. The Balaban J connectivity index is 1.22. The van der Waals surface area contributed by atoms with Crippen molar-refractivity contribution in [1.82, 2.24) is 14.7 Å². The molecule has 5 rings (SSSR count). The maximum Gasteiger partial charge on any atom is 0.123 e. The summed E-state index contributed by atoms with van der Waals surface area (Å²) in [5.41, 5.74) is 8.18. The highest BCUT2D eigenvalue weighted by atomic mass is 19.1. The Hall–Kier alpha value is -3.44. The van der Waals surface area contributed by atoms with Crippen LogP contribution >= 0.6 is 0 Å². The van der Waals surface area contributed by atoms with Gasteiger partial charge in [-0.15, -0.1) is 0 Å². The van der Waals surface area contributed by atoms with E-state index in [1.165, 1.54) is 28.9 Å². The molecule has 0 unspecified atom stereocenters. The molecule has 0 N–H and O–H groups in total. The third-order valence-electron chi connectivity index (χ3n) is 7.10. The van der Waals surface area contributed by atoms with Crippen molar-refractivity contribution in [1.29, 1.82) is 0 Å². The van der Waals surface area contributed by atoms with Gasteiger partial charge in [0.25, 0.3) is 0 Å². The standard InChI is InChI=1S/C30H33FN4/c1-23-8-6-12-29(24(23)2)34-20-18-33(19-21-34)17-7-9-27-22-30(25-13-15-26(31)16-14-25)35(32-27)28-10-4-3-5-11-28/h3-6,8,10-16,22H,7,9,17-21H2,1-2H3. The van der Waals surface area contributed by atoms with Crippen molar-refractivity contribution >= 4 is 5.69 Å². The number of hydrogen-bond acceptors (Lipinski definition) is 3. The third-order valence-corrected chi connectivity index (χ3v) is 7.10. The summed E-state index contributed by atoms with van der Waals surface area (Å²) in [6, 6.07) is 25.6. The number of para-hydroxylation sites is 1. The predicted octanol–water partition coefficient (Wildman–Crippen LogP) is 6.05. The van der Waals surface area contributed by atoms with Crippen LogP contribution in [0.2, 0.25) is 0 Å². The minimum absolute atomic E-state index is 0.225. The highest BCUT2D eigenvalue weighted by Gasteiger charge is 2.19. The Morgan fingerprint density at radius 3 is 2.31 bits per heavy atom. The lowest BCUT2D eigenvalue weighted by atomic mass is 10.1. The molecule has 1 fully saturated rings. The molecule has 0 spiro atoms. The number of anilines is 1. The number of nitrogens with zero attached hydrogens (tertiary/aromatic N) is 4. The summed E-state index contributed by atoms with van der Waals surface area (Å²) in [4.78, 5) is 5.09. The summed E-state index contributed by atoms with van der Waals surface area (Å²) in [6.45, 7) is 9.81. The first-order chi connectivity index (χ1) is 17.1. The number of rotatable bonds is 7. The van der Waals surface area contributed by atoms with Crippen LogP contribution in [0.5, 0.6) is 0 Å². The van der Waals surface area contributed by atoms with Crippen LogP contribution in [-0.4, -0.2) is 47.4 Å². The van der Waals surface area contributed by atoms with Gasteiger partial charge in [0.2, 0.25) is 0 Å². The number of hydrogen-bond donors (Lipinski definition) is 0. The van der Waals surface area contributed by atoms with E-state index in [0.717, 1.165) is 68.2 Å². The molecule has 4 aromatic rings. The van der Waals surface area contributed by atoms with Gasteiger partial charge < -0.3 is 4.90 Å². The van der Waals surface area contributed by atoms with E-state index in [4.69, 9.17) is 5.10 Å². The van der Waals surface area contributed by atoms with Gasteiger partial charge >= 0.3 is 0 Å². The Labute approximate surface area is 207 Å². The lowest BCUT2D eigenvalue weighted by molar-refractivity contribution is 0.254. The first kappa shape index (κ1) is 23.3. The molecule has 0 aliphatic carbocycles. The monoisotopic (exact) mass is 468 g/mol. The molecule has 1 saturated heterocycles. The summed E-state index contributed by atoms with van der Waals surface area (Å²) < 4.78 is 15.5. The molecule has 1 aromatic heterocycles. The molecule has 0 amide bonds. The average molecular weight is 469 g/mol. The fourth-order valence-corrected chi connectivity index (χ4v) is 4.92. The average Bonchev–Trinajstić information content (AvgIpc) is 3.31. The Morgan fingerprint density at radius 1 is 0.829 bits per heavy atom. The van der Waals surface area contributed by atoms with Crippen LogP contribution in [0.15, 0.2) is 78.9 Å². The molecule has 3 aromatic carbocycles. The zero-order chi connectivity index (χ0) is 24.2. The van der Waals surface area contributed by atoms with E-state index in [1.54, 1.807) is 0 Å². The number of aromatic nitrogens is 2. The van der Waals surface area contributed by atoms with E-state index in [0.29, 0.717) is 0 Å². The van der Waals surface area contributed by atoms with Gasteiger partial charge in [-0.2, -0.15) is 5.10 Å². The zero-order valence-electron chi connectivity index (χ0n) is 20.6. The van der Waals surface area contributed by atoms with Gasteiger partial charge in [0.1, 0.15) is 5.82 Å². The second-order valence-electron chi connectivity index (χ2n) is 9.43. The van der Waals surface area contributed by atoms with Crippen LogP contribution in [0.4, 0.5) is 10.1 Å². The molecule has 35 heavy (non-hydrogen) atoms. The van der Waals surface area contributed by atoms with Crippen LogP contribution in [0.1, 0.15) is 23.2 Å². The lowest BCUT2D eigenvalue weighted by Crippen LogP contribution is -2.47. The topological polar surface area (TPSA) is 24.3 Å². The van der Waals surface area contributed by atoms with Gasteiger partial charge in [-0.05, 0) is 92.9 Å². The van der Waals surface area contributed by atoms with E-state index in [9.17, 15) is 4.39 Å². The van der Waals surface area contributed by atoms with E-state index in [-0.39, 0.29) is 5.82 Å². The van der Waals surface area contributed by atoms with Crippen molar-refractivity contribution in [3.63, 3.8) is 0 Å². The second kappa shape index (κ2) is 10.4. The van der Waals surface area contributed by atoms with Crippen LogP contribution in [0, 0.1) is 19.7 Å². The van der Waals surface area contributed by atoms with Crippen molar-refractivity contribution in [3.8, 4) is 16.9 Å². The van der Waals surface area contributed by atoms with Crippen molar-refractivity contribution in [2.24, 2.45) is 0 Å². The normalized spacial score (nSPS) is 14.4. The molecule has 0 saturated carbocycles. The van der Waals surface area contributed by atoms with Crippen LogP contribution in [0.25, 0.3) is 16.9 Å². The number of aryl methyl sites for hydroxylation is 2. The summed E-state index contributed by atoms with van der Waals surface area (Å²) >= 11 is 0. The van der Waals surface area contributed by atoms with Crippen molar-refractivity contribution in [2.45, 2.75) is 26.7 Å². The molecule has 180 valence electrons. The van der Waals surface area contributed by atoms with Crippen molar-refractivity contribution < 1.29 is 4.39 Å². The highest BCUT2D eigenvalue weighted by molar-refractivity contribution is 5.62. The van der Waals surface area contributed by atoms with Crippen molar-refractivity contribution in [3.05, 3.63) is 102 Å². The van der Waals surface area contributed by atoms with E-state index < -0.39 is 0 Å². The van der Waals surface area contributed by atoms with Gasteiger partial charge in [0, 0.05) is 37.4 Å². The van der Waals surface area contributed by atoms with Crippen LogP contribution in [0.3, 0.4) is 0 Å². The van der Waals surface area contributed by atoms with E-state index >= 15 is 0 Å². The first-order valence-corrected chi connectivity index (χ1v) is 12.5. The van der Waals surface area contributed by atoms with Gasteiger partial charge in [-0.1, -0.05) is 30.3 Å². The quantitative estimate of drug-likeness (QED) is 0.330. The van der Waals surface area contributed by atoms with Gasteiger partial charge in [0.05, 0.1) is 17.1 Å². The van der Waals surface area contributed by atoms with Gasteiger partial charge in [-0.25, -0.2) is 9.07 Å². The minimum Gasteiger partial charge on any atom is -0.369 e. The maximum absolute atomic E-state index is 13.5. The Kier molecular flexibility index (Phi) is 6.96. The summed E-state index contributed by atoms with van der Waals surface area (Å²) in [7, 11) is 0. The molecule has 2 heterocycles. The number of piperazine rings is 1. The summed E-state index contributed by atoms with van der Waals surface area (Å²) in [6.07, 6.45) is 1.99. The largest absolute Gasteiger partial charge is 0.369 e. The zero-order valence-corrected chi connectivity index (χ0v) is 20.6. The van der Waals surface area contributed by atoms with E-state index in [1.807, 2.05) is 35.0 Å². The van der Waals surface area contributed by atoms with E-state index in [2.05, 4.69) is 60.0 Å². The predicted molar refractivity (Wildman–Crippen MR) is 142 cm³/mol. The third kappa shape index (κ3) is 5.30. The minimum atomic E-state index is -0.225. The summed E-state index contributed by atoms with van der Waals surface area (Å²) in [5.74, 6) is -0.225. The molecule has 0 radical (unpaired) electrons. The molecular weight excluding hydrogens is 435 g/mol. The Morgan fingerprint density at radius 2 is 1.57 bits per heavy atom. The van der Waals surface area contributed by atoms with Crippen molar-refractivity contribution in [2.75, 3.05) is 37.6 Å². The Bertz CT molecular complexity index is 1260. The smallest absolute Gasteiger partial charge is 0.123 e. The fourth-order valence-electron chi connectivity index (χ4n) is 4.92. The molecule has 4 nitrogen and oxygen atoms in total. The number of benzene rings is 3. The highest BCUT2D eigenvalue weighted by Crippen LogP contribution is 2.26. The van der Waals surface area contributed by atoms with Gasteiger partial charge in [-0.3, -0.25) is 4.90 Å². The second-order valence-corrected chi connectivity index (χ2v) is 9.43. The maximum atomic E-state index is 13.5. The first-order valence-electron chi connectivity index (χ1n) is 12.5. The molecule has 0 bridgehead atoms. The molecule has 0 atom stereocenters. The molecule has 1 aliphatic heterocycles. The lowest BCUT2D eigenvalue weighted by Gasteiger charge is -2.37. The fraction of sp³-hybridized carbons (Fsp3) is 0.300. The SMILES string of the molecule is Cc1cccc(N2CCN(CCCc3cc(-c4ccc(F)cc4)n(-c4ccccc4)n3)CC2)c1C. The molecular formula is C30H33FN4. The van der Waals surface area contributed by atoms with Crippen LogP contribution < -0.4 is 4.90 Å². The van der Waals surface area contributed by atoms with Gasteiger partial charge in [0.15, 0.2) is 0 Å². The van der Waals surface area contributed by atoms with Crippen LogP contribution in [-0.2, 0) is 6.42 Å².